The molecule has 2 N–H and O–H groups in total. The number of pyridine rings is 1. The highest BCUT2D eigenvalue weighted by atomic mass is 127. The third-order valence-corrected chi connectivity index (χ3v) is 2.82. The Labute approximate surface area is 136 Å². The van der Waals surface area contributed by atoms with Crippen LogP contribution in [0.4, 0.5) is 0 Å². The van der Waals surface area contributed by atoms with E-state index in [1.807, 2.05) is 18.3 Å². The Balaban J connectivity index is 0.00000200. The first-order valence-corrected chi connectivity index (χ1v) is 6.23. The maximum absolute atomic E-state index is 4.56. The van der Waals surface area contributed by atoms with Gasteiger partial charge in [0.15, 0.2) is 5.96 Å². The molecule has 0 aliphatic rings. The second-order valence-electron chi connectivity index (χ2n) is 4.22. The minimum Gasteiger partial charge on any atom is -0.353 e. The van der Waals surface area contributed by atoms with E-state index in [2.05, 4.69) is 44.6 Å². The first kappa shape index (κ1) is 16.5. The van der Waals surface area contributed by atoms with Gasteiger partial charge in [-0.05, 0) is 19.1 Å². The quantitative estimate of drug-likeness (QED) is 0.367. The lowest BCUT2D eigenvalue weighted by molar-refractivity contribution is 0.830. The summed E-state index contributed by atoms with van der Waals surface area (Å²) in [6.45, 7) is 7.05. The third kappa shape index (κ3) is 3.96. The number of halogens is 1. The molecule has 0 bridgehead atoms. The van der Waals surface area contributed by atoms with Crippen LogP contribution < -0.4 is 10.6 Å². The zero-order valence-corrected chi connectivity index (χ0v) is 14.1. The van der Waals surface area contributed by atoms with Crippen LogP contribution in [0, 0.1) is 6.92 Å². The second-order valence-corrected chi connectivity index (χ2v) is 4.22. The minimum absolute atomic E-state index is 0. The highest BCUT2D eigenvalue weighted by Gasteiger charge is 2.03. The molecule has 0 saturated heterocycles. The third-order valence-electron chi connectivity index (χ3n) is 2.82. The summed E-state index contributed by atoms with van der Waals surface area (Å²) in [4.78, 5) is 8.68. The lowest BCUT2D eigenvalue weighted by Gasteiger charge is -2.08. The summed E-state index contributed by atoms with van der Waals surface area (Å²) in [5.41, 5.74) is 3.12. The smallest absolute Gasteiger partial charge is 0.191 e. The summed E-state index contributed by atoms with van der Waals surface area (Å²) in [6, 6.07) is 6.08. The molecule has 0 spiro atoms. The number of hydrogen-bond donors (Lipinski definition) is 2. The van der Waals surface area contributed by atoms with E-state index < -0.39 is 0 Å². The number of aryl methyl sites for hydroxylation is 1. The van der Waals surface area contributed by atoms with Crippen molar-refractivity contribution in [1.29, 1.82) is 0 Å². The normalized spacial score (nSPS) is 11.0. The van der Waals surface area contributed by atoms with Crippen molar-refractivity contribution >= 4 is 35.6 Å². The van der Waals surface area contributed by atoms with Crippen LogP contribution in [0.3, 0.4) is 0 Å². The standard InChI is InChI=1S/C14H19N5.HI/c1-4-8-16-14(15-3)17-9-12-10-19-11(2)6-5-7-13(19)18-12;/h4-7,10H,1,8-9H2,2-3H3,(H2,15,16,17);1H. The number of guanidine groups is 1. The summed E-state index contributed by atoms with van der Waals surface area (Å²) < 4.78 is 2.08. The van der Waals surface area contributed by atoms with Crippen LogP contribution in [-0.4, -0.2) is 28.9 Å². The molecule has 0 amide bonds. The van der Waals surface area contributed by atoms with Crippen LogP contribution in [0.2, 0.25) is 0 Å². The fourth-order valence-corrected chi connectivity index (χ4v) is 1.85. The molecule has 2 aromatic heterocycles. The molecule has 0 aromatic carbocycles. The number of aliphatic imine (C=N–C) groups is 1. The van der Waals surface area contributed by atoms with Crippen LogP contribution >= 0.6 is 24.0 Å². The molecule has 5 nitrogen and oxygen atoms in total. The highest BCUT2D eigenvalue weighted by molar-refractivity contribution is 14.0. The molecule has 0 radical (unpaired) electrons. The Morgan fingerprint density at radius 3 is 2.90 bits per heavy atom. The van der Waals surface area contributed by atoms with Crippen LogP contribution in [0.25, 0.3) is 5.65 Å². The van der Waals surface area contributed by atoms with Gasteiger partial charge in [0.25, 0.3) is 0 Å². The predicted molar refractivity (Wildman–Crippen MR) is 93.7 cm³/mol. The van der Waals surface area contributed by atoms with Crippen molar-refractivity contribution in [2.45, 2.75) is 13.5 Å². The van der Waals surface area contributed by atoms with Gasteiger partial charge < -0.3 is 15.0 Å². The summed E-state index contributed by atoms with van der Waals surface area (Å²) in [5.74, 6) is 0.744. The van der Waals surface area contributed by atoms with Crippen molar-refractivity contribution < 1.29 is 0 Å². The van der Waals surface area contributed by atoms with E-state index in [0.29, 0.717) is 13.1 Å². The lowest BCUT2D eigenvalue weighted by Crippen LogP contribution is -2.36. The summed E-state index contributed by atoms with van der Waals surface area (Å²) in [5, 5.41) is 6.34. The predicted octanol–water partition coefficient (Wildman–Crippen LogP) is 2.11. The number of nitrogens with zero attached hydrogens (tertiary/aromatic N) is 3. The van der Waals surface area contributed by atoms with Gasteiger partial charge >= 0.3 is 0 Å². The van der Waals surface area contributed by atoms with E-state index in [1.165, 1.54) is 5.69 Å². The fraction of sp³-hybridized carbons (Fsp3) is 0.286. The fourth-order valence-electron chi connectivity index (χ4n) is 1.85. The maximum atomic E-state index is 4.56. The van der Waals surface area contributed by atoms with Crippen LogP contribution in [0.1, 0.15) is 11.4 Å². The SMILES string of the molecule is C=CCNC(=NC)NCc1cn2c(C)cccc2n1.I. The van der Waals surface area contributed by atoms with Gasteiger partial charge in [-0.25, -0.2) is 4.98 Å². The molecule has 0 unspecified atom stereocenters. The van der Waals surface area contributed by atoms with E-state index in [4.69, 9.17) is 0 Å². The molecule has 108 valence electrons. The zero-order valence-electron chi connectivity index (χ0n) is 11.8. The van der Waals surface area contributed by atoms with Gasteiger partial charge in [-0.2, -0.15) is 0 Å². The molecule has 0 fully saturated rings. The molecule has 0 aliphatic carbocycles. The van der Waals surface area contributed by atoms with Crippen molar-refractivity contribution in [1.82, 2.24) is 20.0 Å². The van der Waals surface area contributed by atoms with Crippen molar-refractivity contribution in [3.05, 3.63) is 48.4 Å². The first-order valence-electron chi connectivity index (χ1n) is 6.23. The summed E-state index contributed by atoms with van der Waals surface area (Å²) >= 11 is 0. The molecule has 2 aromatic rings. The van der Waals surface area contributed by atoms with E-state index in [-0.39, 0.29) is 24.0 Å². The molecule has 0 atom stereocenters. The lowest BCUT2D eigenvalue weighted by atomic mass is 10.4. The Hall–Kier alpha value is -1.57. The molecule has 0 aliphatic heterocycles. The Morgan fingerprint density at radius 2 is 2.25 bits per heavy atom. The largest absolute Gasteiger partial charge is 0.353 e. The van der Waals surface area contributed by atoms with E-state index in [9.17, 15) is 0 Å². The van der Waals surface area contributed by atoms with Crippen molar-refractivity contribution in [3.63, 3.8) is 0 Å². The first-order chi connectivity index (χ1) is 9.24. The Kier molecular flexibility index (Phi) is 6.50. The van der Waals surface area contributed by atoms with Gasteiger partial charge in [0.05, 0.1) is 12.2 Å². The molecule has 2 heterocycles. The highest BCUT2D eigenvalue weighted by Crippen LogP contribution is 2.07. The number of imidazole rings is 1. The number of rotatable bonds is 4. The number of aromatic nitrogens is 2. The monoisotopic (exact) mass is 385 g/mol. The number of nitrogens with one attached hydrogen (secondary N) is 2. The second kappa shape index (κ2) is 7.88. The van der Waals surface area contributed by atoms with E-state index >= 15 is 0 Å². The molecular weight excluding hydrogens is 365 g/mol. The maximum Gasteiger partial charge on any atom is 0.191 e. The minimum atomic E-state index is 0. The topological polar surface area (TPSA) is 53.7 Å². The number of hydrogen-bond acceptors (Lipinski definition) is 2. The average molecular weight is 385 g/mol. The Bertz CT molecular complexity index is 603. The molecule has 20 heavy (non-hydrogen) atoms. The van der Waals surface area contributed by atoms with Gasteiger partial charge in [0, 0.05) is 25.5 Å². The summed E-state index contributed by atoms with van der Waals surface area (Å²) in [7, 11) is 1.74. The van der Waals surface area contributed by atoms with E-state index in [1.54, 1.807) is 13.1 Å². The summed E-state index contributed by atoms with van der Waals surface area (Å²) in [6.07, 6.45) is 3.83. The van der Waals surface area contributed by atoms with Gasteiger partial charge in [0.2, 0.25) is 0 Å². The van der Waals surface area contributed by atoms with Gasteiger partial charge in [0.1, 0.15) is 5.65 Å². The van der Waals surface area contributed by atoms with Crippen molar-refractivity contribution in [3.8, 4) is 0 Å². The van der Waals surface area contributed by atoms with Crippen LogP contribution in [0.15, 0.2) is 42.0 Å². The van der Waals surface area contributed by atoms with Crippen LogP contribution in [0.5, 0.6) is 0 Å². The molecular formula is C14H20IN5. The van der Waals surface area contributed by atoms with Crippen molar-refractivity contribution in [2.24, 2.45) is 4.99 Å². The van der Waals surface area contributed by atoms with E-state index in [0.717, 1.165) is 17.3 Å². The average Bonchev–Trinajstić information content (AvgIpc) is 2.83. The molecule has 0 saturated carbocycles. The zero-order chi connectivity index (χ0) is 13.7. The molecule has 6 heteroatoms. The van der Waals surface area contributed by atoms with Gasteiger partial charge in [-0.3, -0.25) is 4.99 Å². The van der Waals surface area contributed by atoms with Crippen LogP contribution in [-0.2, 0) is 6.54 Å². The van der Waals surface area contributed by atoms with Gasteiger partial charge in [-0.15, -0.1) is 30.6 Å². The Morgan fingerprint density at radius 1 is 1.45 bits per heavy atom. The molecule has 2 rings (SSSR count). The van der Waals surface area contributed by atoms with Gasteiger partial charge in [-0.1, -0.05) is 12.1 Å². The van der Waals surface area contributed by atoms with Crippen molar-refractivity contribution in [2.75, 3.05) is 13.6 Å². The number of fused-ring (bicyclic) bond motifs is 1.